The molecule has 0 bridgehead atoms. The summed E-state index contributed by atoms with van der Waals surface area (Å²) in [7, 11) is 0. The first kappa shape index (κ1) is 10.3. The molecule has 0 amide bonds. The van der Waals surface area contributed by atoms with E-state index in [9.17, 15) is 0 Å². The number of nitrogens with zero attached hydrogens (tertiary/aromatic N) is 1. The third-order valence-corrected chi connectivity index (χ3v) is 1.38. The summed E-state index contributed by atoms with van der Waals surface area (Å²) in [6, 6.07) is 0.299. The zero-order chi connectivity index (χ0) is 5.98. The maximum absolute atomic E-state index is 4.11. The summed E-state index contributed by atoms with van der Waals surface area (Å²) in [5, 5.41) is 0. The molecular weight excluding hydrogens is 137 g/mol. The maximum atomic E-state index is 4.11. The molecule has 1 nitrogen and oxygen atoms in total. The van der Waals surface area contributed by atoms with Gasteiger partial charge in [-0.25, -0.2) is 0 Å². The summed E-state index contributed by atoms with van der Waals surface area (Å²) in [5.74, 6) is 0.438. The summed E-state index contributed by atoms with van der Waals surface area (Å²) in [5.41, 5.74) is 0. The van der Waals surface area contributed by atoms with Gasteiger partial charge in [0.2, 0.25) is 0 Å². The Balaban J connectivity index is 0.000000640. The fraction of sp³-hybridized carbons (Fsp3) is 0.571. The standard InChI is InChI=1S/C7H11N.K/c1-6-3-4-7(2)8-5-6;/h5-7H,1-4H2;/q-2;+1. The molecule has 0 saturated heterocycles. The molecule has 0 radical (unpaired) electrons. The first-order valence-corrected chi connectivity index (χ1v) is 2.98. The van der Waals surface area contributed by atoms with Gasteiger partial charge in [-0.2, -0.15) is 0 Å². The molecule has 2 heteroatoms. The van der Waals surface area contributed by atoms with E-state index < -0.39 is 0 Å². The van der Waals surface area contributed by atoms with Crippen LogP contribution in [0, 0.1) is 19.8 Å². The van der Waals surface area contributed by atoms with Crippen LogP contribution in [0.4, 0.5) is 0 Å². The molecule has 1 aliphatic rings. The molecule has 0 fully saturated rings. The van der Waals surface area contributed by atoms with Gasteiger partial charge >= 0.3 is 51.4 Å². The van der Waals surface area contributed by atoms with Crippen LogP contribution in [-0.4, -0.2) is 12.3 Å². The largest absolute Gasteiger partial charge is 1.00 e. The fourth-order valence-electron chi connectivity index (χ4n) is 0.799. The average Bonchev–Trinajstić information content (AvgIpc) is 1.77. The molecule has 1 rings (SSSR count). The number of rotatable bonds is 0. The summed E-state index contributed by atoms with van der Waals surface area (Å²) in [6.07, 6.45) is 4.16. The van der Waals surface area contributed by atoms with E-state index in [1.54, 1.807) is 0 Å². The molecule has 0 aromatic carbocycles. The molecule has 46 valence electrons. The van der Waals surface area contributed by atoms with E-state index in [2.05, 4.69) is 18.8 Å². The van der Waals surface area contributed by atoms with Crippen LogP contribution in [0.5, 0.6) is 0 Å². The first-order chi connectivity index (χ1) is 3.79. The monoisotopic (exact) mass is 148 g/mol. The van der Waals surface area contributed by atoms with Crippen LogP contribution < -0.4 is 51.4 Å². The van der Waals surface area contributed by atoms with Crippen molar-refractivity contribution in [1.29, 1.82) is 0 Å². The molecule has 2 atom stereocenters. The Morgan fingerprint density at radius 1 is 1.33 bits per heavy atom. The van der Waals surface area contributed by atoms with Crippen molar-refractivity contribution in [2.45, 2.75) is 18.9 Å². The molecule has 0 aromatic rings. The molecule has 0 spiro atoms. The van der Waals surface area contributed by atoms with Crippen molar-refractivity contribution in [1.82, 2.24) is 0 Å². The second-order valence-electron chi connectivity index (χ2n) is 2.29. The van der Waals surface area contributed by atoms with Gasteiger partial charge in [-0.05, 0) is 6.21 Å². The van der Waals surface area contributed by atoms with Crippen LogP contribution >= 0.6 is 0 Å². The number of hydrogen-bond donors (Lipinski definition) is 0. The minimum Gasteiger partial charge on any atom is -0.335 e. The van der Waals surface area contributed by atoms with E-state index in [4.69, 9.17) is 0 Å². The second-order valence-corrected chi connectivity index (χ2v) is 2.29. The first-order valence-electron chi connectivity index (χ1n) is 2.98. The van der Waals surface area contributed by atoms with Gasteiger partial charge < -0.3 is 18.8 Å². The molecule has 0 aromatic heterocycles. The van der Waals surface area contributed by atoms with Crippen LogP contribution in [0.15, 0.2) is 4.99 Å². The van der Waals surface area contributed by atoms with Gasteiger partial charge in [0.1, 0.15) is 0 Å². The molecule has 9 heavy (non-hydrogen) atoms. The van der Waals surface area contributed by atoms with Gasteiger partial charge in [-0.1, -0.05) is 18.9 Å². The zero-order valence-electron chi connectivity index (χ0n) is 6.01. The Morgan fingerprint density at radius 3 is 2.33 bits per heavy atom. The van der Waals surface area contributed by atoms with Crippen LogP contribution in [0.2, 0.25) is 0 Å². The number of hydrogen-bond acceptors (Lipinski definition) is 1. The quantitative estimate of drug-likeness (QED) is 0.293. The van der Waals surface area contributed by atoms with Crippen molar-refractivity contribution in [3.05, 3.63) is 13.8 Å². The molecule has 0 N–H and O–H groups in total. The molecular formula is C7H11KN-. The smallest absolute Gasteiger partial charge is 0.335 e. The van der Waals surface area contributed by atoms with E-state index in [1.807, 2.05) is 6.21 Å². The third kappa shape index (κ3) is 3.89. The topological polar surface area (TPSA) is 12.4 Å². The molecule has 1 heterocycles. The fourth-order valence-corrected chi connectivity index (χ4v) is 0.799. The van der Waals surface area contributed by atoms with Crippen molar-refractivity contribution >= 4 is 6.21 Å². The van der Waals surface area contributed by atoms with E-state index in [0.29, 0.717) is 12.0 Å². The van der Waals surface area contributed by atoms with E-state index in [0.717, 1.165) is 12.8 Å². The van der Waals surface area contributed by atoms with Crippen molar-refractivity contribution in [3.63, 3.8) is 0 Å². The van der Waals surface area contributed by atoms with E-state index >= 15 is 0 Å². The van der Waals surface area contributed by atoms with E-state index in [1.165, 1.54) is 0 Å². The van der Waals surface area contributed by atoms with Gasteiger partial charge in [-0.15, -0.1) is 5.92 Å². The number of aliphatic imine (C=N–C) groups is 1. The van der Waals surface area contributed by atoms with Crippen molar-refractivity contribution in [2.75, 3.05) is 0 Å². The summed E-state index contributed by atoms with van der Waals surface area (Å²) >= 11 is 0. The van der Waals surface area contributed by atoms with Gasteiger partial charge in [0.05, 0.1) is 0 Å². The van der Waals surface area contributed by atoms with Gasteiger partial charge in [0, 0.05) is 0 Å². The minimum atomic E-state index is 0. The molecule has 1 aliphatic heterocycles. The Hall–Kier alpha value is 1.31. The predicted molar refractivity (Wildman–Crippen MR) is 35.7 cm³/mol. The van der Waals surface area contributed by atoms with Gasteiger partial charge in [0.15, 0.2) is 0 Å². The summed E-state index contributed by atoms with van der Waals surface area (Å²) in [4.78, 5) is 4.11. The van der Waals surface area contributed by atoms with Crippen LogP contribution in [0.1, 0.15) is 12.8 Å². The molecule has 0 saturated carbocycles. The Morgan fingerprint density at radius 2 is 2.00 bits per heavy atom. The van der Waals surface area contributed by atoms with Gasteiger partial charge in [-0.3, -0.25) is 0 Å². The van der Waals surface area contributed by atoms with Crippen molar-refractivity contribution < 1.29 is 51.4 Å². The van der Waals surface area contributed by atoms with Crippen LogP contribution in [0.3, 0.4) is 0 Å². The SMILES string of the molecule is [CH2-]C1C=NC([CH2-])CC1.[K+]. The Labute approximate surface area is 99.7 Å². The minimum absolute atomic E-state index is 0. The van der Waals surface area contributed by atoms with Crippen molar-refractivity contribution in [3.8, 4) is 0 Å². The summed E-state index contributed by atoms with van der Waals surface area (Å²) < 4.78 is 0. The average molecular weight is 148 g/mol. The zero-order valence-corrected chi connectivity index (χ0v) is 9.13. The van der Waals surface area contributed by atoms with Gasteiger partial charge in [0.25, 0.3) is 0 Å². The third-order valence-electron chi connectivity index (χ3n) is 1.38. The van der Waals surface area contributed by atoms with Crippen LogP contribution in [-0.2, 0) is 0 Å². The molecule has 0 aliphatic carbocycles. The second kappa shape index (κ2) is 5.02. The summed E-state index contributed by atoms with van der Waals surface area (Å²) in [6.45, 7) is 7.66. The predicted octanol–water partition coefficient (Wildman–Crippen LogP) is -1.49. The van der Waals surface area contributed by atoms with E-state index in [-0.39, 0.29) is 51.4 Å². The maximum Gasteiger partial charge on any atom is 1.00 e. The normalized spacial score (nSPS) is 33.6. The molecule has 2 unspecified atom stereocenters. The van der Waals surface area contributed by atoms with Crippen LogP contribution in [0.25, 0.3) is 0 Å². The Kier molecular flexibility index (Phi) is 5.75. The Bertz CT molecular complexity index is 89.1. The van der Waals surface area contributed by atoms with Crippen molar-refractivity contribution in [2.24, 2.45) is 10.9 Å².